The van der Waals surface area contributed by atoms with Crippen LogP contribution >= 0.6 is 22.9 Å². The third-order valence-corrected chi connectivity index (χ3v) is 3.13. The molecule has 0 radical (unpaired) electrons. The molecule has 0 aliphatic heterocycles. The Hall–Kier alpha value is -1.46. The van der Waals surface area contributed by atoms with E-state index in [0.717, 1.165) is 5.56 Å². The van der Waals surface area contributed by atoms with E-state index >= 15 is 0 Å². The molecule has 0 saturated heterocycles. The number of amides is 1. The Morgan fingerprint density at radius 2 is 2.24 bits per heavy atom. The molecule has 17 heavy (non-hydrogen) atoms. The number of halogens is 1. The van der Waals surface area contributed by atoms with Crippen LogP contribution in [0, 0.1) is 0 Å². The largest absolute Gasteiger partial charge is 0.336 e. The highest BCUT2D eigenvalue weighted by atomic mass is 35.5. The minimum absolute atomic E-state index is 0.166. The van der Waals surface area contributed by atoms with E-state index in [4.69, 9.17) is 11.6 Å². The van der Waals surface area contributed by atoms with Crippen molar-refractivity contribution in [3.8, 4) is 0 Å². The van der Waals surface area contributed by atoms with Gasteiger partial charge in [0.15, 0.2) is 10.8 Å². The highest BCUT2D eigenvalue weighted by molar-refractivity contribution is 7.07. The van der Waals surface area contributed by atoms with Gasteiger partial charge in [0.1, 0.15) is 0 Å². The van der Waals surface area contributed by atoms with Crippen molar-refractivity contribution >= 4 is 28.8 Å². The third-order valence-electron chi connectivity index (χ3n) is 2.20. The fourth-order valence-corrected chi connectivity index (χ4v) is 2.11. The number of hydrogen-bond acceptors (Lipinski definition) is 4. The molecule has 0 fully saturated rings. The molecule has 0 N–H and O–H groups in total. The molecule has 2 aromatic heterocycles. The van der Waals surface area contributed by atoms with Gasteiger partial charge in [-0.2, -0.15) is 11.3 Å². The zero-order chi connectivity index (χ0) is 12.3. The Morgan fingerprint density at radius 3 is 2.82 bits per heavy atom. The first-order valence-electron chi connectivity index (χ1n) is 4.92. The van der Waals surface area contributed by atoms with Crippen molar-refractivity contribution in [3.05, 3.63) is 45.4 Å². The summed E-state index contributed by atoms with van der Waals surface area (Å²) in [5.41, 5.74) is 1.40. The Kier molecular flexibility index (Phi) is 3.71. The molecule has 88 valence electrons. The number of aromatic nitrogens is 2. The lowest BCUT2D eigenvalue weighted by molar-refractivity contribution is 0.0778. The summed E-state index contributed by atoms with van der Waals surface area (Å²) in [6.45, 7) is 0.562. The van der Waals surface area contributed by atoms with Crippen LogP contribution in [0.2, 0.25) is 5.15 Å². The summed E-state index contributed by atoms with van der Waals surface area (Å²) in [5.74, 6) is -0.166. The molecular formula is C11H10ClN3OS. The molecule has 0 saturated carbocycles. The zero-order valence-electron chi connectivity index (χ0n) is 9.13. The monoisotopic (exact) mass is 267 g/mol. The smallest absolute Gasteiger partial charge is 0.274 e. The summed E-state index contributed by atoms with van der Waals surface area (Å²) in [6.07, 6.45) is 0. The van der Waals surface area contributed by atoms with Gasteiger partial charge in [-0.1, -0.05) is 11.6 Å². The second-order valence-electron chi connectivity index (χ2n) is 3.53. The van der Waals surface area contributed by atoms with Gasteiger partial charge in [0.05, 0.1) is 0 Å². The minimum Gasteiger partial charge on any atom is -0.336 e. The van der Waals surface area contributed by atoms with Crippen molar-refractivity contribution in [1.29, 1.82) is 0 Å². The lowest BCUT2D eigenvalue weighted by Gasteiger charge is -2.15. The summed E-state index contributed by atoms with van der Waals surface area (Å²) in [7, 11) is 1.73. The molecule has 0 aliphatic rings. The number of rotatable bonds is 3. The highest BCUT2D eigenvalue weighted by Gasteiger charge is 2.13. The molecule has 0 aliphatic carbocycles. The average molecular weight is 268 g/mol. The standard InChI is InChI=1S/C11H10ClN3OS/c1-15(6-8-4-5-17-7-8)11(16)9-2-3-10(12)14-13-9/h2-5,7H,6H2,1H3. The maximum Gasteiger partial charge on any atom is 0.274 e. The summed E-state index contributed by atoms with van der Waals surface area (Å²) in [4.78, 5) is 13.6. The van der Waals surface area contributed by atoms with Gasteiger partial charge in [0.25, 0.3) is 5.91 Å². The first-order valence-corrected chi connectivity index (χ1v) is 6.24. The Balaban J connectivity index is 2.07. The van der Waals surface area contributed by atoms with E-state index < -0.39 is 0 Å². The van der Waals surface area contributed by atoms with Gasteiger partial charge in [-0.25, -0.2) is 0 Å². The summed E-state index contributed by atoms with van der Waals surface area (Å²) in [6, 6.07) is 5.12. The van der Waals surface area contributed by atoms with Gasteiger partial charge < -0.3 is 4.90 Å². The Labute approximate surface area is 108 Å². The van der Waals surface area contributed by atoms with Crippen LogP contribution in [0.25, 0.3) is 0 Å². The first-order chi connectivity index (χ1) is 8.16. The Bertz CT molecular complexity index is 498. The van der Waals surface area contributed by atoms with Crippen molar-refractivity contribution < 1.29 is 4.79 Å². The summed E-state index contributed by atoms with van der Waals surface area (Å²) < 4.78 is 0. The second kappa shape index (κ2) is 5.25. The normalized spacial score (nSPS) is 10.2. The molecule has 0 spiro atoms. The van der Waals surface area contributed by atoms with Crippen LogP contribution in [0.5, 0.6) is 0 Å². The quantitative estimate of drug-likeness (QED) is 0.858. The summed E-state index contributed by atoms with van der Waals surface area (Å²) >= 11 is 7.22. The summed E-state index contributed by atoms with van der Waals surface area (Å²) in [5, 5.41) is 11.7. The molecule has 4 nitrogen and oxygen atoms in total. The SMILES string of the molecule is CN(Cc1ccsc1)C(=O)c1ccc(Cl)nn1. The van der Waals surface area contributed by atoms with Crippen LogP contribution < -0.4 is 0 Å². The fourth-order valence-electron chi connectivity index (χ4n) is 1.35. The van der Waals surface area contributed by atoms with Gasteiger partial charge in [-0.15, -0.1) is 10.2 Å². The lowest BCUT2D eigenvalue weighted by atomic mass is 10.3. The predicted molar refractivity (Wildman–Crippen MR) is 67.2 cm³/mol. The van der Waals surface area contributed by atoms with Crippen molar-refractivity contribution in [2.75, 3.05) is 7.05 Å². The van der Waals surface area contributed by atoms with Gasteiger partial charge in [0, 0.05) is 13.6 Å². The molecule has 2 rings (SSSR count). The second-order valence-corrected chi connectivity index (χ2v) is 4.70. The molecule has 0 aromatic carbocycles. The Morgan fingerprint density at radius 1 is 1.41 bits per heavy atom. The van der Waals surface area contributed by atoms with Gasteiger partial charge in [-0.3, -0.25) is 4.79 Å². The van der Waals surface area contributed by atoms with Crippen molar-refractivity contribution in [1.82, 2.24) is 15.1 Å². The van der Waals surface area contributed by atoms with Crippen molar-refractivity contribution in [2.45, 2.75) is 6.54 Å². The van der Waals surface area contributed by atoms with E-state index in [-0.39, 0.29) is 11.1 Å². The molecular weight excluding hydrogens is 258 g/mol. The lowest BCUT2D eigenvalue weighted by Crippen LogP contribution is -2.27. The zero-order valence-corrected chi connectivity index (χ0v) is 10.7. The first kappa shape index (κ1) is 12.0. The maximum absolute atomic E-state index is 12.0. The third kappa shape index (κ3) is 3.01. The molecule has 6 heteroatoms. The van der Waals surface area contributed by atoms with Gasteiger partial charge >= 0.3 is 0 Å². The molecule has 0 bridgehead atoms. The van der Waals surface area contributed by atoms with Crippen LogP contribution in [-0.4, -0.2) is 28.1 Å². The van der Waals surface area contributed by atoms with Crippen molar-refractivity contribution in [3.63, 3.8) is 0 Å². The van der Waals surface area contributed by atoms with Crippen LogP contribution in [0.15, 0.2) is 29.0 Å². The van der Waals surface area contributed by atoms with Crippen LogP contribution in [0.1, 0.15) is 16.1 Å². The molecule has 1 amide bonds. The van der Waals surface area contributed by atoms with E-state index in [1.54, 1.807) is 35.4 Å². The van der Waals surface area contributed by atoms with Crippen molar-refractivity contribution in [2.24, 2.45) is 0 Å². The fraction of sp³-hybridized carbons (Fsp3) is 0.182. The van der Waals surface area contributed by atoms with E-state index in [1.165, 1.54) is 0 Å². The van der Waals surface area contributed by atoms with E-state index in [1.807, 2.05) is 16.8 Å². The average Bonchev–Trinajstić information content (AvgIpc) is 2.82. The minimum atomic E-state index is -0.166. The van der Waals surface area contributed by atoms with Gasteiger partial charge in [0.2, 0.25) is 0 Å². The van der Waals surface area contributed by atoms with Gasteiger partial charge in [-0.05, 0) is 34.5 Å². The number of thiophene rings is 1. The van der Waals surface area contributed by atoms with Crippen LogP contribution in [0.3, 0.4) is 0 Å². The van der Waals surface area contributed by atoms with E-state index in [9.17, 15) is 4.79 Å². The molecule has 0 unspecified atom stereocenters. The maximum atomic E-state index is 12.0. The number of carbonyl (C=O) groups is 1. The molecule has 2 heterocycles. The number of carbonyl (C=O) groups excluding carboxylic acids is 1. The predicted octanol–water partition coefficient (Wildman–Crippen LogP) is 2.46. The molecule has 2 aromatic rings. The highest BCUT2D eigenvalue weighted by Crippen LogP contribution is 2.10. The molecule has 0 atom stereocenters. The number of nitrogens with zero attached hydrogens (tertiary/aromatic N) is 3. The van der Waals surface area contributed by atoms with Crippen LogP contribution in [-0.2, 0) is 6.54 Å². The van der Waals surface area contributed by atoms with E-state index in [2.05, 4.69) is 10.2 Å². The van der Waals surface area contributed by atoms with E-state index in [0.29, 0.717) is 12.2 Å². The van der Waals surface area contributed by atoms with Crippen LogP contribution in [0.4, 0.5) is 0 Å². The number of hydrogen-bond donors (Lipinski definition) is 0. The topological polar surface area (TPSA) is 46.1 Å².